The van der Waals surface area contributed by atoms with E-state index in [1.54, 1.807) is 0 Å². The standard InChI is InChI=1S/C11H13N3O4/c1-2-6-4-14(11(17)13-10(6)12)9-3-7(16)8(5-15)18-9/h1,4,7-9,15-16H,3,5H2,(H2,12,13,17)/t7-,8+,9+/m1/s1. The van der Waals surface area contributed by atoms with Crippen molar-refractivity contribution in [2.45, 2.75) is 24.9 Å². The third-order valence-corrected chi connectivity index (χ3v) is 2.83. The third kappa shape index (κ3) is 2.09. The maximum atomic E-state index is 11.7. The van der Waals surface area contributed by atoms with E-state index in [1.165, 1.54) is 10.8 Å². The Bertz CT molecular complexity index is 548. The molecule has 96 valence electrons. The van der Waals surface area contributed by atoms with Gasteiger partial charge in [-0.05, 0) is 0 Å². The number of anilines is 1. The molecular formula is C11H13N3O4. The normalized spacial score (nSPS) is 27.1. The lowest BCUT2D eigenvalue weighted by molar-refractivity contribution is -0.0458. The van der Waals surface area contributed by atoms with E-state index in [1.807, 2.05) is 0 Å². The van der Waals surface area contributed by atoms with Crippen LogP contribution in [0.3, 0.4) is 0 Å². The molecular weight excluding hydrogens is 238 g/mol. The van der Waals surface area contributed by atoms with Gasteiger partial charge in [-0.1, -0.05) is 5.92 Å². The molecule has 7 heteroatoms. The van der Waals surface area contributed by atoms with Gasteiger partial charge < -0.3 is 20.7 Å². The molecule has 1 aromatic heterocycles. The first-order valence-corrected chi connectivity index (χ1v) is 5.36. The van der Waals surface area contributed by atoms with E-state index in [0.29, 0.717) is 0 Å². The summed E-state index contributed by atoms with van der Waals surface area (Å²) in [7, 11) is 0. The Morgan fingerprint density at radius 1 is 1.72 bits per heavy atom. The van der Waals surface area contributed by atoms with Crippen molar-refractivity contribution >= 4 is 5.82 Å². The van der Waals surface area contributed by atoms with E-state index in [9.17, 15) is 9.90 Å². The number of terminal acetylenes is 1. The Kier molecular flexibility index (Phi) is 3.34. The zero-order valence-corrected chi connectivity index (χ0v) is 9.48. The Morgan fingerprint density at radius 3 is 3.00 bits per heavy atom. The number of ether oxygens (including phenoxy) is 1. The molecule has 1 fully saturated rings. The zero-order valence-electron chi connectivity index (χ0n) is 9.48. The number of rotatable bonds is 2. The van der Waals surface area contributed by atoms with Crippen molar-refractivity contribution in [2.75, 3.05) is 12.3 Å². The smallest absolute Gasteiger partial charge is 0.351 e. The topological polar surface area (TPSA) is 111 Å². The number of nitrogens with two attached hydrogens (primary N) is 1. The first kappa shape index (κ1) is 12.6. The Morgan fingerprint density at radius 2 is 2.44 bits per heavy atom. The second-order valence-electron chi connectivity index (χ2n) is 3.99. The monoisotopic (exact) mass is 251 g/mol. The summed E-state index contributed by atoms with van der Waals surface area (Å²) in [5, 5.41) is 18.6. The Labute approximate surface area is 103 Å². The highest BCUT2D eigenvalue weighted by Gasteiger charge is 2.35. The molecule has 1 aromatic rings. The number of aromatic nitrogens is 2. The number of aliphatic hydroxyl groups excluding tert-OH is 2. The molecule has 0 radical (unpaired) electrons. The number of nitrogen functional groups attached to an aromatic ring is 1. The molecule has 0 saturated carbocycles. The minimum absolute atomic E-state index is 0.0176. The molecule has 0 spiro atoms. The molecule has 18 heavy (non-hydrogen) atoms. The van der Waals surface area contributed by atoms with Gasteiger partial charge in [-0.15, -0.1) is 6.42 Å². The predicted octanol–water partition coefficient (Wildman–Crippen LogP) is -1.55. The average molecular weight is 251 g/mol. The van der Waals surface area contributed by atoms with Crippen molar-refractivity contribution in [1.82, 2.24) is 9.55 Å². The van der Waals surface area contributed by atoms with Crippen LogP contribution in [0.15, 0.2) is 11.0 Å². The number of hydrogen-bond acceptors (Lipinski definition) is 6. The zero-order chi connectivity index (χ0) is 13.3. The van der Waals surface area contributed by atoms with Gasteiger partial charge >= 0.3 is 5.69 Å². The molecule has 0 bridgehead atoms. The van der Waals surface area contributed by atoms with E-state index in [2.05, 4.69) is 10.9 Å². The van der Waals surface area contributed by atoms with Gasteiger partial charge in [-0.25, -0.2) is 4.79 Å². The summed E-state index contributed by atoms with van der Waals surface area (Å²) in [5.41, 5.74) is 5.15. The lowest BCUT2D eigenvalue weighted by atomic mass is 10.2. The van der Waals surface area contributed by atoms with Gasteiger partial charge in [0.15, 0.2) is 0 Å². The molecule has 7 nitrogen and oxygen atoms in total. The van der Waals surface area contributed by atoms with Gasteiger partial charge in [0, 0.05) is 12.6 Å². The predicted molar refractivity (Wildman–Crippen MR) is 62.5 cm³/mol. The summed E-state index contributed by atoms with van der Waals surface area (Å²) in [6.45, 7) is -0.323. The summed E-state index contributed by atoms with van der Waals surface area (Å²) in [4.78, 5) is 15.3. The summed E-state index contributed by atoms with van der Waals surface area (Å²) in [6.07, 6.45) is 4.53. The van der Waals surface area contributed by atoms with Crippen LogP contribution in [0.4, 0.5) is 5.82 Å². The molecule has 0 aliphatic carbocycles. The molecule has 3 atom stereocenters. The summed E-state index contributed by atoms with van der Waals surface area (Å²) in [6, 6.07) is 0. The molecule has 2 rings (SSSR count). The van der Waals surface area contributed by atoms with Crippen LogP contribution in [0.25, 0.3) is 0 Å². The van der Waals surface area contributed by atoms with E-state index < -0.39 is 24.1 Å². The van der Waals surface area contributed by atoms with Gasteiger partial charge in [0.2, 0.25) is 0 Å². The maximum absolute atomic E-state index is 11.7. The van der Waals surface area contributed by atoms with Crippen molar-refractivity contribution in [1.29, 1.82) is 0 Å². The van der Waals surface area contributed by atoms with Gasteiger partial charge in [-0.3, -0.25) is 4.57 Å². The van der Waals surface area contributed by atoms with Crippen LogP contribution < -0.4 is 11.4 Å². The lowest BCUT2D eigenvalue weighted by Crippen LogP contribution is -2.28. The molecule has 1 aliphatic heterocycles. The van der Waals surface area contributed by atoms with E-state index in [4.69, 9.17) is 22.0 Å². The third-order valence-electron chi connectivity index (χ3n) is 2.83. The highest BCUT2D eigenvalue weighted by Crippen LogP contribution is 2.27. The number of hydrogen-bond donors (Lipinski definition) is 3. The summed E-state index contributed by atoms with van der Waals surface area (Å²) >= 11 is 0. The van der Waals surface area contributed by atoms with Crippen LogP contribution in [-0.4, -0.2) is 38.6 Å². The molecule has 0 aromatic carbocycles. The SMILES string of the molecule is C#Cc1cn([C@@H]2C[C@@H](O)[C@H](CO)O2)c(=O)nc1N. The van der Waals surface area contributed by atoms with Crippen molar-refractivity contribution in [3.05, 3.63) is 22.2 Å². The van der Waals surface area contributed by atoms with Gasteiger partial charge in [0.1, 0.15) is 18.1 Å². The van der Waals surface area contributed by atoms with Crippen LogP contribution in [0.1, 0.15) is 18.2 Å². The molecule has 1 aliphatic rings. The minimum Gasteiger partial charge on any atom is -0.394 e. The van der Waals surface area contributed by atoms with Crippen molar-refractivity contribution in [3.8, 4) is 12.3 Å². The van der Waals surface area contributed by atoms with Crippen LogP contribution in [0, 0.1) is 12.3 Å². The molecule has 2 heterocycles. The lowest BCUT2D eigenvalue weighted by Gasteiger charge is -2.14. The Balaban J connectivity index is 2.36. The summed E-state index contributed by atoms with van der Waals surface area (Å²) < 4.78 is 6.51. The Hall–Kier alpha value is -1.88. The maximum Gasteiger partial charge on any atom is 0.351 e. The van der Waals surface area contributed by atoms with Gasteiger partial charge in [-0.2, -0.15) is 4.98 Å². The average Bonchev–Trinajstić information content (AvgIpc) is 2.70. The second-order valence-corrected chi connectivity index (χ2v) is 3.99. The van der Waals surface area contributed by atoms with E-state index in [0.717, 1.165) is 0 Å². The minimum atomic E-state index is -0.835. The fourth-order valence-electron chi connectivity index (χ4n) is 1.85. The molecule has 1 saturated heterocycles. The van der Waals surface area contributed by atoms with Crippen LogP contribution in [0.5, 0.6) is 0 Å². The number of aliphatic hydroxyl groups is 2. The van der Waals surface area contributed by atoms with Crippen LogP contribution >= 0.6 is 0 Å². The molecule has 4 N–H and O–H groups in total. The molecule has 0 unspecified atom stereocenters. The van der Waals surface area contributed by atoms with Crippen molar-refractivity contribution in [3.63, 3.8) is 0 Å². The summed E-state index contributed by atoms with van der Waals surface area (Å²) in [5.74, 6) is 2.29. The highest BCUT2D eigenvalue weighted by molar-refractivity contribution is 5.47. The van der Waals surface area contributed by atoms with Gasteiger partial charge in [0.25, 0.3) is 0 Å². The first-order valence-electron chi connectivity index (χ1n) is 5.36. The fraction of sp³-hybridized carbons (Fsp3) is 0.455. The largest absolute Gasteiger partial charge is 0.394 e. The quantitative estimate of drug-likeness (QED) is 0.549. The highest BCUT2D eigenvalue weighted by atomic mass is 16.5. The van der Waals surface area contributed by atoms with Crippen molar-refractivity contribution < 1.29 is 14.9 Å². The first-order chi connectivity index (χ1) is 8.56. The van der Waals surface area contributed by atoms with E-state index in [-0.39, 0.29) is 24.4 Å². The van der Waals surface area contributed by atoms with Crippen LogP contribution in [0.2, 0.25) is 0 Å². The second kappa shape index (κ2) is 4.78. The van der Waals surface area contributed by atoms with Crippen molar-refractivity contribution in [2.24, 2.45) is 0 Å². The van der Waals surface area contributed by atoms with Crippen LogP contribution in [-0.2, 0) is 4.74 Å². The molecule has 0 amide bonds. The van der Waals surface area contributed by atoms with Gasteiger partial charge in [0.05, 0.1) is 18.3 Å². The number of nitrogens with zero attached hydrogens (tertiary/aromatic N) is 2. The van der Waals surface area contributed by atoms with E-state index >= 15 is 0 Å². The fourth-order valence-corrected chi connectivity index (χ4v) is 1.85.